The maximum absolute atomic E-state index is 12.7. The predicted molar refractivity (Wildman–Crippen MR) is 130 cm³/mol. The lowest BCUT2D eigenvalue weighted by Gasteiger charge is -2.41. The number of allylic oxidation sites excluding steroid dienone is 1. The van der Waals surface area contributed by atoms with Gasteiger partial charge in [0.05, 0.1) is 12.2 Å². The molecular weight excluding hydrogens is 516 g/mol. The van der Waals surface area contributed by atoms with Crippen molar-refractivity contribution in [1.29, 1.82) is 0 Å². The number of benzene rings is 2. The first-order chi connectivity index (χ1) is 18.7. The largest absolute Gasteiger partial charge is 0.504 e. The van der Waals surface area contributed by atoms with Crippen LogP contribution in [0.1, 0.15) is 28.8 Å². The monoisotopic (exact) mass is 544 g/mol. The van der Waals surface area contributed by atoms with Crippen LogP contribution < -0.4 is 4.74 Å². The molecule has 1 fully saturated rings. The van der Waals surface area contributed by atoms with Crippen LogP contribution >= 0.6 is 0 Å². The Morgan fingerprint density at radius 1 is 1.05 bits per heavy atom. The predicted octanol–water partition coefficient (Wildman–Crippen LogP) is 0.129. The Kier molecular flexibility index (Phi) is 8.63. The minimum Gasteiger partial charge on any atom is -0.504 e. The number of rotatable bonds is 8. The molecule has 2 aliphatic rings. The zero-order valence-electron chi connectivity index (χ0n) is 20.6. The number of ketones is 1. The van der Waals surface area contributed by atoms with Gasteiger partial charge < -0.3 is 44.5 Å². The zero-order chi connectivity index (χ0) is 28.2. The van der Waals surface area contributed by atoms with Crippen LogP contribution in [0.3, 0.4) is 0 Å². The summed E-state index contributed by atoms with van der Waals surface area (Å²) in [5.74, 6) is -3.55. The topological polar surface area (TPSA) is 189 Å². The molecule has 1 aliphatic heterocycles. The number of Topliss-reactive ketones (excluding diaryl/α,β-unsaturated/α-hetero) is 1. The highest BCUT2D eigenvalue weighted by atomic mass is 16.7. The van der Waals surface area contributed by atoms with Gasteiger partial charge in [0.15, 0.2) is 23.4 Å². The first-order valence-corrected chi connectivity index (χ1v) is 12.1. The van der Waals surface area contributed by atoms with Crippen LogP contribution in [0.5, 0.6) is 11.5 Å². The van der Waals surface area contributed by atoms with E-state index in [2.05, 4.69) is 0 Å². The van der Waals surface area contributed by atoms with E-state index in [1.807, 2.05) is 0 Å². The highest BCUT2D eigenvalue weighted by Crippen LogP contribution is 2.35. The summed E-state index contributed by atoms with van der Waals surface area (Å²) in [5.41, 5.74) is -2.23. The number of ether oxygens (including phenoxy) is 4. The Balaban J connectivity index is 1.57. The molecule has 1 saturated heterocycles. The maximum Gasteiger partial charge on any atom is 0.350 e. The third-order valence-corrected chi connectivity index (χ3v) is 6.38. The second kappa shape index (κ2) is 11.9. The summed E-state index contributed by atoms with van der Waals surface area (Å²) in [7, 11) is 0. The van der Waals surface area contributed by atoms with Gasteiger partial charge in [-0.2, -0.15) is 0 Å². The van der Waals surface area contributed by atoms with Gasteiger partial charge in [-0.1, -0.05) is 36.4 Å². The molecule has 5 N–H and O–H groups in total. The fraction of sp³-hybridized carbons (Fsp3) is 0.370. The van der Waals surface area contributed by atoms with Crippen molar-refractivity contribution in [3.05, 3.63) is 71.8 Å². The number of aliphatic hydroxyl groups excluding tert-OH is 3. The lowest BCUT2D eigenvalue weighted by molar-refractivity contribution is -0.277. The number of carbonyl (C=O) groups excluding carboxylic acids is 3. The van der Waals surface area contributed by atoms with Gasteiger partial charge in [0.1, 0.15) is 24.9 Å². The van der Waals surface area contributed by atoms with Crippen molar-refractivity contribution in [3.8, 4) is 11.5 Å². The van der Waals surface area contributed by atoms with Crippen LogP contribution in [0.4, 0.5) is 0 Å². The van der Waals surface area contributed by atoms with Crippen LogP contribution in [0.25, 0.3) is 0 Å². The number of hydrogen-bond acceptors (Lipinski definition) is 12. The Morgan fingerprint density at radius 2 is 1.79 bits per heavy atom. The van der Waals surface area contributed by atoms with Crippen molar-refractivity contribution in [1.82, 2.24) is 0 Å². The minimum atomic E-state index is -2.44. The third-order valence-electron chi connectivity index (χ3n) is 6.38. The molecule has 1 aliphatic carbocycles. The molecule has 208 valence electrons. The highest BCUT2D eigenvalue weighted by Gasteiger charge is 2.48. The van der Waals surface area contributed by atoms with Crippen LogP contribution in [0.2, 0.25) is 0 Å². The summed E-state index contributed by atoms with van der Waals surface area (Å²) in [6.07, 6.45) is -5.09. The van der Waals surface area contributed by atoms with Gasteiger partial charge in [0, 0.05) is 12.0 Å². The van der Waals surface area contributed by atoms with Gasteiger partial charge in [-0.05, 0) is 30.7 Å². The molecule has 0 spiro atoms. The van der Waals surface area contributed by atoms with E-state index in [4.69, 9.17) is 18.9 Å². The molecule has 4 rings (SSSR count). The Morgan fingerprint density at radius 3 is 2.49 bits per heavy atom. The number of carbonyl (C=O) groups is 3. The summed E-state index contributed by atoms with van der Waals surface area (Å²) in [6.45, 7) is -1.27. The summed E-state index contributed by atoms with van der Waals surface area (Å²) in [5, 5.41) is 51.6. The van der Waals surface area contributed by atoms with Crippen LogP contribution in [-0.2, 0) is 30.4 Å². The van der Waals surface area contributed by atoms with E-state index in [-0.39, 0.29) is 23.3 Å². The van der Waals surface area contributed by atoms with Gasteiger partial charge in [0.2, 0.25) is 11.9 Å². The average Bonchev–Trinajstić information content (AvgIpc) is 2.94. The molecule has 0 unspecified atom stereocenters. The highest BCUT2D eigenvalue weighted by molar-refractivity contribution is 6.09. The molecule has 2 aromatic rings. The van der Waals surface area contributed by atoms with E-state index in [0.29, 0.717) is 6.42 Å². The molecule has 6 atom stereocenters. The van der Waals surface area contributed by atoms with Gasteiger partial charge in [-0.15, -0.1) is 0 Å². The maximum atomic E-state index is 12.7. The first kappa shape index (κ1) is 28.2. The van der Waals surface area contributed by atoms with E-state index >= 15 is 0 Å². The van der Waals surface area contributed by atoms with E-state index in [9.17, 15) is 39.9 Å². The number of aliphatic hydroxyl groups is 4. The van der Waals surface area contributed by atoms with Crippen molar-refractivity contribution in [2.24, 2.45) is 0 Å². The van der Waals surface area contributed by atoms with Crippen molar-refractivity contribution >= 4 is 17.7 Å². The molecule has 12 heteroatoms. The quantitative estimate of drug-likeness (QED) is 0.172. The van der Waals surface area contributed by atoms with Gasteiger partial charge in [-0.25, -0.2) is 9.59 Å². The van der Waals surface area contributed by atoms with E-state index in [0.717, 1.165) is 6.08 Å². The zero-order valence-corrected chi connectivity index (χ0v) is 20.6. The third kappa shape index (κ3) is 5.95. The van der Waals surface area contributed by atoms with Crippen molar-refractivity contribution in [3.63, 3.8) is 0 Å². The molecule has 0 saturated carbocycles. The SMILES string of the molecule is O=C(O[C@@H]1[C@H](Oc2c(O)cccc2COC(=O)[C@]2(O)C=CCCC2=O)O[C@H](CO)[C@@H](O)[C@@H]1O)c1ccccc1. The minimum absolute atomic E-state index is 0.0368. The first-order valence-electron chi connectivity index (χ1n) is 12.1. The van der Waals surface area contributed by atoms with E-state index < -0.39 is 73.0 Å². The molecule has 2 aromatic carbocycles. The van der Waals surface area contributed by atoms with Gasteiger partial charge >= 0.3 is 11.9 Å². The van der Waals surface area contributed by atoms with E-state index in [1.54, 1.807) is 18.2 Å². The number of phenols is 1. The molecule has 39 heavy (non-hydrogen) atoms. The number of hydrogen-bond donors (Lipinski definition) is 5. The van der Waals surface area contributed by atoms with E-state index in [1.165, 1.54) is 36.4 Å². The standard InChI is InChI=1S/C27H28O12/c28-13-18-20(31)21(32)23(38-24(33)15-7-2-1-3-8-15)25(37-18)39-22-16(9-6-10-17(22)29)14-36-26(34)27(35)12-5-4-11-19(27)30/h1-3,5-10,12,18,20-21,23,25,28-29,31-32,35H,4,11,13-14H2/t18-,20-,21+,23+,25+,27+/m1/s1. The number of aromatic hydroxyl groups is 1. The Hall–Kier alpha value is -3.81. The second-order valence-corrected chi connectivity index (χ2v) is 9.03. The molecule has 0 bridgehead atoms. The molecule has 1 heterocycles. The number of esters is 2. The summed E-state index contributed by atoms with van der Waals surface area (Å²) in [4.78, 5) is 37.3. The smallest absolute Gasteiger partial charge is 0.350 e. The summed E-state index contributed by atoms with van der Waals surface area (Å²) >= 11 is 0. The van der Waals surface area contributed by atoms with Crippen molar-refractivity contribution < 1.29 is 58.9 Å². The molecule has 0 amide bonds. The lowest BCUT2D eigenvalue weighted by atomic mass is 9.90. The van der Waals surface area contributed by atoms with Gasteiger partial charge in [-0.3, -0.25) is 4.79 Å². The number of phenolic OH excluding ortho intramolecular Hbond substituents is 1. The van der Waals surface area contributed by atoms with Crippen LogP contribution in [0, 0.1) is 0 Å². The van der Waals surface area contributed by atoms with Crippen LogP contribution in [-0.4, -0.2) is 86.2 Å². The molecule has 0 aromatic heterocycles. The molecule has 12 nitrogen and oxygen atoms in total. The Labute approximate surface area is 222 Å². The van der Waals surface area contributed by atoms with Crippen LogP contribution in [0.15, 0.2) is 60.7 Å². The Bertz CT molecular complexity index is 1230. The summed E-state index contributed by atoms with van der Waals surface area (Å²) < 4.78 is 21.9. The second-order valence-electron chi connectivity index (χ2n) is 9.03. The van der Waals surface area contributed by atoms with Crippen molar-refractivity contribution in [2.45, 2.75) is 55.8 Å². The molecule has 0 radical (unpaired) electrons. The van der Waals surface area contributed by atoms with Crippen molar-refractivity contribution in [2.75, 3.05) is 6.61 Å². The summed E-state index contributed by atoms with van der Waals surface area (Å²) in [6, 6.07) is 11.9. The normalized spacial score (nSPS) is 28.5. The number of para-hydroxylation sites is 1. The average molecular weight is 545 g/mol. The molecular formula is C27H28O12. The lowest BCUT2D eigenvalue weighted by Crippen LogP contribution is -2.61. The fourth-order valence-corrected chi connectivity index (χ4v) is 4.17. The fourth-order valence-electron chi connectivity index (χ4n) is 4.17. The van der Waals surface area contributed by atoms with Gasteiger partial charge in [0.25, 0.3) is 0 Å².